The molecule has 0 saturated carbocycles. The Hall–Kier alpha value is -0.340. The highest BCUT2D eigenvalue weighted by atomic mass is 15.2. The third-order valence-corrected chi connectivity index (χ3v) is 2.50. The van der Waals surface area contributed by atoms with Crippen molar-refractivity contribution in [3.8, 4) is 0 Å². The van der Waals surface area contributed by atoms with Crippen molar-refractivity contribution < 1.29 is 0 Å². The molecule has 2 heteroatoms. The second kappa shape index (κ2) is 4.06. The Morgan fingerprint density at radius 1 is 1.42 bits per heavy atom. The highest BCUT2D eigenvalue weighted by molar-refractivity contribution is 4.90. The lowest BCUT2D eigenvalue weighted by atomic mass is 10.1. The Bertz CT molecular complexity index is 146. The van der Waals surface area contributed by atoms with Crippen LogP contribution in [-0.2, 0) is 0 Å². The predicted octanol–water partition coefficient (Wildman–Crippen LogP) is 1.24. The molecule has 1 heterocycles. The number of nitrogens with zero attached hydrogens (tertiary/aromatic N) is 1. The van der Waals surface area contributed by atoms with Crippen LogP contribution in [-0.4, -0.2) is 36.1 Å². The van der Waals surface area contributed by atoms with E-state index in [1.807, 2.05) is 6.08 Å². The molecule has 12 heavy (non-hydrogen) atoms. The minimum atomic E-state index is 0.511. The van der Waals surface area contributed by atoms with Gasteiger partial charge in [0.1, 0.15) is 0 Å². The lowest BCUT2D eigenvalue weighted by Gasteiger charge is -2.38. The molecule has 0 bridgehead atoms. The normalized spacial score (nSPS) is 34.6. The molecule has 2 nitrogen and oxygen atoms in total. The van der Waals surface area contributed by atoms with Crippen LogP contribution in [0.25, 0.3) is 0 Å². The quantitative estimate of drug-likeness (QED) is 0.624. The molecular formula is C10H20N2. The number of nitrogens with one attached hydrogen (secondary N) is 1. The van der Waals surface area contributed by atoms with Crippen molar-refractivity contribution in [1.29, 1.82) is 0 Å². The van der Waals surface area contributed by atoms with Gasteiger partial charge in [0, 0.05) is 31.2 Å². The fourth-order valence-electron chi connectivity index (χ4n) is 1.85. The molecule has 1 fully saturated rings. The van der Waals surface area contributed by atoms with Gasteiger partial charge in [-0.3, -0.25) is 4.90 Å². The van der Waals surface area contributed by atoms with Gasteiger partial charge in [0.25, 0.3) is 0 Å². The molecule has 1 N–H and O–H groups in total. The maximum atomic E-state index is 3.82. The van der Waals surface area contributed by atoms with Crippen molar-refractivity contribution in [3.05, 3.63) is 12.7 Å². The van der Waals surface area contributed by atoms with Crippen molar-refractivity contribution in [2.24, 2.45) is 0 Å². The maximum Gasteiger partial charge on any atom is 0.0248 e. The number of rotatable bonds is 2. The minimum Gasteiger partial charge on any atom is -0.309 e. The molecule has 3 atom stereocenters. The molecule has 0 spiro atoms. The Balaban J connectivity index is 2.48. The van der Waals surface area contributed by atoms with Gasteiger partial charge in [-0.1, -0.05) is 6.08 Å². The van der Waals surface area contributed by atoms with Crippen LogP contribution in [0.15, 0.2) is 12.7 Å². The number of hydrogen-bond acceptors (Lipinski definition) is 2. The zero-order valence-corrected chi connectivity index (χ0v) is 8.38. The zero-order valence-electron chi connectivity index (χ0n) is 8.38. The van der Waals surface area contributed by atoms with E-state index >= 15 is 0 Å². The van der Waals surface area contributed by atoms with Crippen LogP contribution in [0, 0.1) is 0 Å². The van der Waals surface area contributed by atoms with E-state index in [0.717, 1.165) is 13.1 Å². The molecule has 70 valence electrons. The van der Waals surface area contributed by atoms with Gasteiger partial charge in [0.2, 0.25) is 0 Å². The molecule has 0 amide bonds. The van der Waals surface area contributed by atoms with E-state index in [9.17, 15) is 0 Å². The van der Waals surface area contributed by atoms with E-state index in [4.69, 9.17) is 0 Å². The van der Waals surface area contributed by atoms with Crippen molar-refractivity contribution in [2.75, 3.05) is 13.1 Å². The first-order valence-electron chi connectivity index (χ1n) is 4.76. The summed E-state index contributed by atoms with van der Waals surface area (Å²) < 4.78 is 0. The third kappa shape index (κ3) is 2.32. The Kier molecular flexibility index (Phi) is 3.29. The number of hydrogen-bond donors (Lipinski definition) is 1. The summed E-state index contributed by atoms with van der Waals surface area (Å²) in [4.78, 5) is 2.47. The van der Waals surface area contributed by atoms with E-state index in [0.29, 0.717) is 18.1 Å². The lowest BCUT2D eigenvalue weighted by Crippen LogP contribution is -2.56. The minimum absolute atomic E-state index is 0.511. The van der Waals surface area contributed by atoms with Crippen LogP contribution < -0.4 is 5.32 Å². The van der Waals surface area contributed by atoms with Crippen LogP contribution in [0.1, 0.15) is 20.8 Å². The molecule has 1 saturated heterocycles. The zero-order chi connectivity index (χ0) is 9.14. The van der Waals surface area contributed by atoms with Gasteiger partial charge in [-0.05, 0) is 20.8 Å². The molecular weight excluding hydrogens is 148 g/mol. The Morgan fingerprint density at radius 3 is 2.33 bits per heavy atom. The summed E-state index contributed by atoms with van der Waals surface area (Å²) in [7, 11) is 0. The van der Waals surface area contributed by atoms with Crippen LogP contribution in [0.3, 0.4) is 0 Å². The average Bonchev–Trinajstić information content (AvgIpc) is 2.01. The molecule has 0 aliphatic carbocycles. The summed E-state index contributed by atoms with van der Waals surface area (Å²) in [5.74, 6) is 0. The maximum absolute atomic E-state index is 3.82. The van der Waals surface area contributed by atoms with Crippen molar-refractivity contribution >= 4 is 0 Å². The molecule has 0 radical (unpaired) electrons. The standard InChI is InChI=1S/C10H20N2/c1-5-10(4)12-6-8(2)11-9(3)7-12/h5,8-11H,1,6-7H2,2-4H3. The Morgan fingerprint density at radius 2 is 1.92 bits per heavy atom. The van der Waals surface area contributed by atoms with Gasteiger partial charge in [-0.15, -0.1) is 6.58 Å². The smallest absolute Gasteiger partial charge is 0.0248 e. The van der Waals surface area contributed by atoms with Gasteiger partial charge in [-0.2, -0.15) is 0 Å². The van der Waals surface area contributed by atoms with E-state index in [2.05, 4.69) is 37.6 Å². The number of piperazine rings is 1. The van der Waals surface area contributed by atoms with E-state index in [1.54, 1.807) is 0 Å². The fraction of sp³-hybridized carbons (Fsp3) is 0.800. The second-order valence-electron chi connectivity index (χ2n) is 3.90. The van der Waals surface area contributed by atoms with Crippen molar-refractivity contribution in [2.45, 2.75) is 38.9 Å². The molecule has 1 rings (SSSR count). The summed E-state index contributed by atoms with van der Waals surface area (Å²) in [6.45, 7) is 12.8. The van der Waals surface area contributed by atoms with Crippen molar-refractivity contribution in [1.82, 2.24) is 10.2 Å². The van der Waals surface area contributed by atoms with Crippen LogP contribution in [0.5, 0.6) is 0 Å². The largest absolute Gasteiger partial charge is 0.309 e. The summed E-state index contributed by atoms with van der Waals surface area (Å²) in [6.07, 6.45) is 2.02. The molecule has 1 aliphatic heterocycles. The van der Waals surface area contributed by atoms with Crippen LogP contribution in [0.2, 0.25) is 0 Å². The monoisotopic (exact) mass is 168 g/mol. The highest BCUT2D eigenvalue weighted by Crippen LogP contribution is 2.08. The Labute approximate surface area is 75.6 Å². The molecule has 0 aromatic rings. The molecule has 0 aromatic carbocycles. The highest BCUT2D eigenvalue weighted by Gasteiger charge is 2.22. The van der Waals surface area contributed by atoms with E-state index < -0.39 is 0 Å². The van der Waals surface area contributed by atoms with E-state index in [1.165, 1.54) is 0 Å². The van der Waals surface area contributed by atoms with Gasteiger partial charge < -0.3 is 5.32 Å². The molecule has 0 aromatic heterocycles. The van der Waals surface area contributed by atoms with Gasteiger partial charge in [0.05, 0.1) is 0 Å². The molecule has 1 aliphatic rings. The van der Waals surface area contributed by atoms with Gasteiger partial charge in [-0.25, -0.2) is 0 Å². The predicted molar refractivity (Wildman–Crippen MR) is 53.3 cm³/mol. The molecule has 3 unspecified atom stereocenters. The summed E-state index contributed by atoms with van der Waals surface area (Å²) in [5, 5.41) is 3.51. The lowest BCUT2D eigenvalue weighted by molar-refractivity contribution is 0.152. The second-order valence-corrected chi connectivity index (χ2v) is 3.90. The van der Waals surface area contributed by atoms with Crippen LogP contribution in [0.4, 0.5) is 0 Å². The fourth-order valence-corrected chi connectivity index (χ4v) is 1.85. The van der Waals surface area contributed by atoms with Crippen molar-refractivity contribution in [3.63, 3.8) is 0 Å². The van der Waals surface area contributed by atoms with Gasteiger partial charge >= 0.3 is 0 Å². The topological polar surface area (TPSA) is 15.3 Å². The SMILES string of the molecule is C=CC(C)N1CC(C)NC(C)C1. The first-order chi connectivity index (χ1) is 5.63. The first-order valence-corrected chi connectivity index (χ1v) is 4.76. The first kappa shape index (κ1) is 9.75. The summed E-state index contributed by atoms with van der Waals surface area (Å²) in [5.41, 5.74) is 0. The van der Waals surface area contributed by atoms with E-state index in [-0.39, 0.29) is 0 Å². The van der Waals surface area contributed by atoms with Gasteiger partial charge in [0.15, 0.2) is 0 Å². The summed E-state index contributed by atoms with van der Waals surface area (Å²) >= 11 is 0. The van der Waals surface area contributed by atoms with Crippen LogP contribution >= 0.6 is 0 Å². The third-order valence-electron chi connectivity index (χ3n) is 2.50. The average molecular weight is 168 g/mol. The summed E-state index contributed by atoms with van der Waals surface area (Å²) in [6, 6.07) is 1.73.